The predicted molar refractivity (Wildman–Crippen MR) is 95.2 cm³/mol. The van der Waals surface area contributed by atoms with Crippen molar-refractivity contribution in [1.29, 1.82) is 0 Å². The molecular formula is C17H21BF2N4O. The Balaban J connectivity index is 2.04. The van der Waals surface area contributed by atoms with Gasteiger partial charge >= 0.3 is 12.9 Å². The fourth-order valence-electron chi connectivity index (χ4n) is 2.50. The molecule has 8 heteroatoms. The Hall–Kier alpha value is -2.51. The number of hydrogen-bond acceptors (Lipinski definition) is 4. The molecule has 25 heavy (non-hydrogen) atoms. The highest BCUT2D eigenvalue weighted by Gasteiger charge is 2.48. The van der Waals surface area contributed by atoms with Gasteiger partial charge in [0.1, 0.15) is 11.9 Å². The lowest BCUT2D eigenvalue weighted by molar-refractivity contribution is -0.568. The van der Waals surface area contributed by atoms with Gasteiger partial charge in [-0.1, -0.05) is 12.1 Å². The molecule has 0 N–H and O–H groups in total. The van der Waals surface area contributed by atoms with Crippen LogP contribution < -0.4 is 9.38 Å². The first-order valence-corrected chi connectivity index (χ1v) is 8.06. The van der Waals surface area contributed by atoms with Crippen LogP contribution in [0.3, 0.4) is 0 Å². The van der Waals surface area contributed by atoms with E-state index in [4.69, 9.17) is 4.65 Å². The van der Waals surface area contributed by atoms with E-state index < -0.39 is 12.5 Å². The molecular weight excluding hydrogens is 325 g/mol. The summed E-state index contributed by atoms with van der Waals surface area (Å²) in [5.74, 6) is 0.109. The molecule has 2 heterocycles. The number of aromatic nitrogens is 2. The maximum absolute atomic E-state index is 14.5. The Kier molecular flexibility index (Phi) is 4.01. The van der Waals surface area contributed by atoms with Gasteiger partial charge < -0.3 is 22.7 Å². The summed E-state index contributed by atoms with van der Waals surface area (Å²) < 4.78 is 34.8. The van der Waals surface area contributed by atoms with Crippen molar-refractivity contribution in [1.82, 2.24) is 4.98 Å². The van der Waals surface area contributed by atoms with Crippen LogP contribution in [0.15, 0.2) is 41.7 Å². The summed E-state index contributed by atoms with van der Waals surface area (Å²) in [6.45, 7) is 5.34. The minimum absolute atomic E-state index is 0.0161. The zero-order chi connectivity index (χ0) is 18.4. The van der Waals surface area contributed by atoms with Crippen molar-refractivity contribution < 1.29 is 17.8 Å². The first-order chi connectivity index (χ1) is 11.6. The number of hydrogen-bond donors (Lipinski definition) is 0. The van der Waals surface area contributed by atoms with Gasteiger partial charge in [-0.25, -0.2) is 4.98 Å². The van der Waals surface area contributed by atoms with Crippen molar-refractivity contribution in [2.45, 2.75) is 20.8 Å². The minimum atomic E-state index is -4.24. The van der Waals surface area contributed by atoms with Crippen LogP contribution in [0.4, 0.5) is 20.1 Å². The molecule has 132 valence electrons. The zero-order valence-corrected chi connectivity index (χ0v) is 15.0. The van der Waals surface area contributed by atoms with Crippen LogP contribution in [-0.2, 0) is 4.65 Å². The normalized spacial score (nSPS) is 15.9. The highest BCUT2D eigenvalue weighted by molar-refractivity contribution is 6.52. The second-order valence-corrected chi connectivity index (χ2v) is 7.33. The van der Waals surface area contributed by atoms with Gasteiger partial charge in [-0.2, -0.15) is 0 Å². The Morgan fingerprint density at radius 3 is 2.32 bits per heavy atom. The van der Waals surface area contributed by atoms with Crippen molar-refractivity contribution in [3.8, 4) is 11.3 Å². The fourth-order valence-corrected chi connectivity index (χ4v) is 2.50. The van der Waals surface area contributed by atoms with Crippen LogP contribution in [-0.4, -0.2) is 32.0 Å². The maximum atomic E-state index is 14.5. The number of benzene rings is 1. The number of rotatable bonds is 2. The molecule has 0 radical (unpaired) electrons. The van der Waals surface area contributed by atoms with Crippen molar-refractivity contribution in [2.75, 3.05) is 19.0 Å². The molecule has 2 aromatic rings. The van der Waals surface area contributed by atoms with E-state index in [1.54, 1.807) is 20.8 Å². The van der Waals surface area contributed by atoms with Gasteiger partial charge in [-0.3, -0.25) is 0 Å². The summed E-state index contributed by atoms with van der Waals surface area (Å²) >= 11 is 0. The number of fused-ring (bicyclic) bond motifs is 1. The highest BCUT2D eigenvalue weighted by atomic mass is 19.3. The van der Waals surface area contributed by atoms with E-state index in [2.05, 4.69) is 9.98 Å². The lowest BCUT2D eigenvalue weighted by Gasteiger charge is -2.31. The quantitative estimate of drug-likeness (QED) is 0.783. The summed E-state index contributed by atoms with van der Waals surface area (Å²) in [5.41, 5.74) is 1.60. The molecule has 0 spiro atoms. The third-order valence-corrected chi connectivity index (χ3v) is 3.96. The van der Waals surface area contributed by atoms with E-state index in [9.17, 15) is 8.63 Å². The molecule has 0 saturated heterocycles. The van der Waals surface area contributed by atoms with Crippen LogP contribution in [0.25, 0.3) is 11.3 Å². The molecule has 1 aromatic heterocycles. The van der Waals surface area contributed by atoms with E-state index in [-0.39, 0.29) is 11.7 Å². The monoisotopic (exact) mass is 346 g/mol. The van der Waals surface area contributed by atoms with Gasteiger partial charge in [0.15, 0.2) is 0 Å². The topological polar surface area (TPSA) is 41.6 Å². The van der Waals surface area contributed by atoms with E-state index >= 15 is 0 Å². The molecule has 0 saturated carbocycles. The molecule has 1 aromatic carbocycles. The summed E-state index contributed by atoms with van der Waals surface area (Å²) in [5, 5.41) is 0. The average molecular weight is 346 g/mol. The van der Waals surface area contributed by atoms with Gasteiger partial charge in [0.25, 0.3) is 5.90 Å². The van der Waals surface area contributed by atoms with Crippen LogP contribution in [0.5, 0.6) is 0 Å². The van der Waals surface area contributed by atoms with Crippen molar-refractivity contribution in [3.05, 3.63) is 36.7 Å². The van der Waals surface area contributed by atoms with Crippen LogP contribution in [0, 0.1) is 5.41 Å². The van der Waals surface area contributed by atoms with Crippen LogP contribution >= 0.6 is 0 Å². The van der Waals surface area contributed by atoms with Crippen molar-refractivity contribution >= 4 is 24.4 Å². The van der Waals surface area contributed by atoms with Crippen molar-refractivity contribution in [3.63, 3.8) is 0 Å². The first kappa shape index (κ1) is 17.3. The second kappa shape index (κ2) is 5.79. The molecule has 3 rings (SSSR count). The molecule has 5 nitrogen and oxygen atoms in total. The molecule has 0 unspecified atom stereocenters. The number of halogens is 2. The molecule has 0 atom stereocenters. The molecule has 0 bridgehead atoms. The minimum Gasteiger partial charge on any atom is -0.593 e. The average Bonchev–Trinajstić information content (AvgIpc) is 2.53. The lowest BCUT2D eigenvalue weighted by atomic mass is 9.93. The van der Waals surface area contributed by atoms with Gasteiger partial charge in [0.2, 0.25) is 0 Å². The molecule has 0 aliphatic carbocycles. The second-order valence-electron chi connectivity index (χ2n) is 7.33. The molecule has 1 aliphatic rings. The van der Waals surface area contributed by atoms with Crippen LogP contribution in [0.2, 0.25) is 0 Å². The van der Waals surface area contributed by atoms with E-state index in [1.807, 2.05) is 43.3 Å². The van der Waals surface area contributed by atoms with E-state index in [1.165, 1.54) is 12.4 Å². The number of anilines is 1. The predicted octanol–water partition coefficient (Wildman–Crippen LogP) is 3.43. The molecule has 0 amide bonds. The van der Waals surface area contributed by atoms with Crippen LogP contribution in [0.1, 0.15) is 20.8 Å². The first-order valence-electron chi connectivity index (χ1n) is 8.06. The third kappa shape index (κ3) is 3.33. The molecule has 1 aliphatic heterocycles. The zero-order valence-electron chi connectivity index (χ0n) is 15.0. The Bertz CT molecular complexity index is 830. The number of nitrogens with zero attached hydrogens (tertiary/aromatic N) is 4. The lowest BCUT2D eigenvalue weighted by Crippen LogP contribution is -2.64. The number of aliphatic imine (C=N–C) groups is 1. The largest absolute Gasteiger partial charge is 0.736 e. The van der Waals surface area contributed by atoms with E-state index in [0.29, 0.717) is 5.69 Å². The van der Waals surface area contributed by atoms with Crippen molar-refractivity contribution in [2.24, 2.45) is 10.4 Å². The summed E-state index contributed by atoms with van der Waals surface area (Å²) in [6, 6.07) is 7.53. The Morgan fingerprint density at radius 1 is 1.12 bits per heavy atom. The smallest absolute Gasteiger partial charge is 0.593 e. The van der Waals surface area contributed by atoms with Gasteiger partial charge in [0, 0.05) is 25.3 Å². The third-order valence-electron chi connectivity index (χ3n) is 3.96. The van der Waals surface area contributed by atoms with Gasteiger partial charge in [-0.05, 0) is 37.9 Å². The Labute approximate surface area is 146 Å². The summed E-state index contributed by atoms with van der Waals surface area (Å²) in [4.78, 5) is 10.5. The van der Waals surface area contributed by atoms with E-state index in [0.717, 1.165) is 15.7 Å². The maximum Gasteiger partial charge on any atom is 0.736 e. The highest BCUT2D eigenvalue weighted by Crippen LogP contribution is 2.28. The summed E-state index contributed by atoms with van der Waals surface area (Å²) in [7, 11) is -0.369. The summed E-state index contributed by atoms with van der Waals surface area (Å²) in [6.07, 6.45) is 2.65. The standard InChI is InChI=1S/C17H21BF2N4O/c1-17(2,3)16-22-15-10-21-14(11-24(15)18(19,20)25-16)12-6-8-13(9-7-12)23(4)5/h6-11H,1-5H3. The fraction of sp³-hybridized carbons (Fsp3) is 0.353. The van der Waals surface area contributed by atoms with Gasteiger partial charge in [-0.15, -0.1) is 0 Å². The molecule has 0 fully saturated rings. The Morgan fingerprint density at radius 2 is 1.76 bits per heavy atom. The SMILES string of the molecule is CN(C)c1ccc(-c2c[n+]3c(cn2)N=C(C(C)(C)C)O[B-]3(F)F)cc1. The van der Waals surface area contributed by atoms with Gasteiger partial charge in [0.05, 0.1) is 11.6 Å².